The number of carbonyl (C=O) groups excluding carboxylic acids is 2. The number of carbonyl (C=O) groups is 2. The molecule has 2 N–H and O–H groups in total. The van der Waals surface area contributed by atoms with Crippen LogP contribution in [0.4, 0.5) is 0 Å². The summed E-state index contributed by atoms with van der Waals surface area (Å²) in [5.41, 5.74) is 1.89. The van der Waals surface area contributed by atoms with Gasteiger partial charge in [-0.05, 0) is 23.6 Å². The fourth-order valence-electron chi connectivity index (χ4n) is 2.71. The van der Waals surface area contributed by atoms with Crippen molar-refractivity contribution >= 4 is 27.7 Å². The second kappa shape index (κ2) is 6.76. The van der Waals surface area contributed by atoms with Crippen LogP contribution in [0.25, 0.3) is 11.3 Å². The van der Waals surface area contributed by atoms with Gasteiger partial charge < -0.3 is 15.2 Å². The summed E-state index contributed by atoms with van der Waals surface area (Å²) in [7, 11) is 0. The zero-order valence-corrected chi connectivity index (χ0v) is 15.1. The molecule has 3 rings (SSSR count). The molecule has 1 aliphatic rings. The van der Waals surface area contributed by atoms with Crippen molar-refractivity contribution in [2.75, 3.05) is 6.54 Å². The van der Waals surface area contributed by atoms with E-state index < -0.39 is 6.04 Å². The first-order valence-electron chi connectivity index (χ1n) is 7.82. The van der Waals surface area contributed by atoms with E-state index in [2.05, 4.69) is 31.2 Å². The Morgan fingerprint density at radius 2 is 2.00 bits per heavy atom. The molecule has 0 spiro atoms. The lowest BCUT2D eigenvalue weighted by molar-refractivity contribution is -0.146. The third-order valence-electron chi connectivity index (χ3n) is 4.02. The average molecular weight is 391 g/mol. The van der Waals surface area contributed by atoms with E-state index in [0.29, 0.717) is 12.4 Å². The van der Waals surface area contributed by atoms with Crippen LogP contribution >= 0.6 is 15.9 Å². The molecule has 126 valence electrons. The third kappa shape index (κ3) is 3.51. The zero-order valence-electron chi connectivity index (χ0n) is 13.5. The average Bonchev–Trinajstić information content (AvgIpc) is 2.99. The van der Waals surface area contributed by atoms with Gasteiger partial charge >= 0.3 is 0 Å². The van der Waals surface area contributed by atoms with Crippen molar-refractivity contribution in [3.8, 4) is 11.3 Å². The molecule has 1 saturated heterocycles. The summed E-state index contributed by atoms with van der Waals surface area (Å²) in [6.45, 7) is 4.21. The van der Waals surface area contributed by atoms with Crippen molar-refractivity contribution in [3.05, 3.63) is 40.8 Å². The minimum atomic E-state index is -0.466. The van der Waals surface area contributed by atoms with E-state index in [1.165, 1.54) is 0 Å². The van der Waals surface area contributed by atoms with E-state index >= 15 is 0 Å². The van der Waals surface area contributed by atoms with Crippen molar-refractivity contribution in [2.45, 2.75) is 26.4 Å². The van der Waals surface area contributed by atoms with Gasteiger partial charge in [-0.3, -0.25) is 9.59 Å². The molecule has 1 atom stereocenters. The highest BCUT2D eigenvalue weighted by molar-refractivity contribution is 9.10. The Kier molecular flexibility index (Phi) is 4.71. The number of nitrogens with zero attached hydrogens (tertiary/aromatic N) is 2. The second-order valence-electron chi connectivity index (χ2n) is 6.23. The highest BCUT2D eigenvalue weighted by atomic mass is 79.9. The van der Waals surface area contributed by atoms with Gasteiger partial charge in [-0.25, -0.2) is 4.98 Å². The number of hydrogen-bond acceptors (Lipinski definition) is 3. The van der Waals surface area contributed by atoms with Gasteiger partial charge in [-0.1, -0.05) is 41.9 Å². The monoisotopic (exact) mass is 390 g/mol. The molecule has 2 aromatic rings. The van der Waals surface area contributed by atoms with Crippen molar-refractivity contribution in [2.24, 2.45) is 5.92 Å². The van der Waals surface area contributed by atoms with Crippen molar-refractivity contribution in [1.82, 2.24) is 20.2 Å². The first-order chi connectivity index (χ1) is 11.4. The number of rotatable bonds is 4. The standard InChI is InChI=1S/C17H19BrN4O2/c1-10(2)16-17(24)22(9-15(23)21-16)8-14-19-7-13(20-14)11-3-5-12(18)6-4-11/h3-7,10,16H,8-9H2,1-2H3,(H,19,20)(H,21,23). The largest absolute Gasteiger partial charge is 0.343 e. The number of aromatic amines is 1. The van der Waals surface area contributed by atoms with Gasteiger partial charge in [0.1, 0.15) is 18.4 Å². The molecule has 24 heavy (non-hydrogen) atoms. The Balaban J connectivity index is 1.75. The van der Waals surface area contributed by atoms with Crippen LogP contribution in [0, 0.1) is 5.92 Å². The summed E-state index contributed by atoms with van der Waals surface area (Å²) in [5.74, 6) is 0.525. The Hall–Kier alpha value is -2.15. The van der Waals surface area contributed by atoms with E-state index in [0.717, 1.165) is 15.7 Å². The molecule has 1 aromatic carbocycles. The normalized spacial score (nSPS) is 18.2. The van der Waals surface area contributed by atoms with E-state index in [-0.39, 0.29) is 24.3 Å². The number of benzene rings is 1. The number of amides is 2. The topological polar surface area (TPSA) is 78.1 Å². The second-order valence-corrected chi connectivity index (χ2v) is 7.15. The molecule has 0 aliphatic carbocycles. The molecule has 7 heteroatoms. The summed E-state index contributed by atoms with van der Waals surface area (Å²) in [4.78, 5) is 33.5. The molecule has 0 bridgehead atoms. The van der Waals surface area contributed by atoms with E-state index in [4.69, 9.17) is 0 Å². The predicted molar refractivity (Wildman–Crippen MR) is 93.9 cm³/mol. The van der Waals surface area contributed by atoms with Crippen molar-refractivity contribution in [3.63, 3.8) is 0 Å². The summed E-state index contributed by atoms with van der Waals surface area (Å²) < 4.78 is 1.01. The lowest BCUT2D eigenvalue weighted by Crippen LogP contribution is -2.59. The number of imidazole rings is 1. The van der Waals surface area contributed by atoms with Gasteiger partial charge in [0.05, 0.1) is 18.4 Å². The Bertz CT molecular complexity index is 754. The van der Waals surface area contributed by atoms with Gasteiger partial charge in [0.2, 0.25) is 11.8 Å². The SMILES string of the molecule is CC(C)C1NC(=O)CN(Cc2ncc(-c3ccc(Br)cc3)[nH]2)C1=O. The van der Waals surface area contributed by atoms with Crippen LogP contribution < -0.4 is 5.32 Å². The lowest BCUT2D eigenvalue weighted by atomic mass is 10.0. The highest BCUT2D eigenvalue weighted by Gasteiger charge is 2.34. The molecule has 6 nitrogen and oxygen atoms in total. The maximum atomic E-state index is 12.5. The molecule has 0 radical (unpaired) electrons. The van der Waals surface area contributed by atoms with Crippen LogP contribution in [0.2, 0.25) is 0 Å². The summed E-state index contributed by atoms with van der Waals surface area (Å²) in [5, 5.41) is 2.75. The van der Waals surface area contributed by atoms with Crippen LogP contribution in [-0.2, 0) is 16.1 Å². The van der Waals surface area contributed by atoms with Gasteiger partial charge in [-0.2, -0.15) is 0 Å². The van der Waals surface area contributed by atoms with Gasteiger partial charge in [0.15, 0.2) is 0 Å². The first-order valence-corrected chi connectivity index (χ1v) is 8.61. The number of halogens is 1. The quantitative estimate of drug-likeness (QED) is 0.840. The van der Waals surface area contributed by atoms with Crippen LogP contribution in [0.15, 0.2) is 34.9 Å². The Morgan fingerprint density at radius 3 is 2.67 bits per heavy atom. The Morgan fingerprint density at radius 1 is 1.29 bits per heavy atom. The molecular formula is C17H19BrN4O2. The molecule has 2 heterocycles. The molecule has 0 saturated carbocycles. The summed E-state index contributed by atoms with van der Waals surface area (Å²) in [6, 6.07) is 7.42. The smallest absolute Gasteiger partial charge is 0.246 e. The van der Waals surface area contributed by atoms with E-state index in [1.807, 2.05) is 38.1 Å². The van der Waals surface area contributed by atoms with Crippen LogP contribution in [0.1, 0.15) is 19.7 Å². The van der Waals surface area contributed by atoms with Gasteiger partial charge in [0, 0.05) is 4.47 Å². The van der Waals surface area contributed by atoms with Crippen LogP contribution in [0.5, 0.6) is 0 Å². The number of aromatic nitrogens is 2. The zero-order chi connectivity index (χ0) is 17.3. The molecule has 1 aliphatic heterocycles. The fourth-order valence-corrected chi connectivity index (χ4v) is 2.98. The predicted octanol–water partition coefficient (Wildman–Crippen LogP) is 2.32. The first kappa shape index (κ1) is 16.7. The van der Waals surface area contributed by atoms with E-state index in [9.17, 15) is 9.59 Å². The Labute approximate surface area is 148 Å². The molecular weight excluding hydrogens is 372 g/mol. The number of H-pyrrole nitrogens is 1. The minimum absolute atomic E-state index is 0.0548. The molecule has 1 fully saturated rings. The lowest BCUT2D eigenvalue weighted by Gasteiger charge is -2.33. The summed E-state index contributed by atoms with van der Waals surface area (Å²) >= 11 is 3.41. The van der Waals surface area contributed by atoms with Gasteiger partial charge in [-0.15, -0.1) is 0 Å². The minimum Gasteiger partial charge on any atom is -0.343 e. The number of nitrogens with one attached hydrogen (secondary N) is 2. The maximum absolute atomic E-state index is 12.5. The van der Waals surface area contributed by atoms with Crippen molar-refractivity contribution < 1.29 is 9.59 Å². The number of hydrogen-bond donors (Lipinski definition) is 2. The van der Waals surface area contributed by atoms with E-state index in [1.54, 1.807) is 11.1 Å². The molecule has 1 aromatic heterocycles. The summed E-state index contributed by atoms with van der Waals surface area (Å²) in [6.07, 6.45) is 1.74. The molecule has 2 amide bonds. The molecule has 1 unspecified atom stereocenters. The van der Waals surface area contributed by atoms with Crippen LogP contribution in [-0.4, -0.2) is 39.3 Å². The third-order valence-corrected chi connectivity index (χ3v) is 4.55. The fraction of sp³-hybridized carbons (Fsp3) is 0.353. The maximum Gasteiger partial charge on any atom is 0.246 e. The van der Waals surface area contributed by atoms with Gasteiger partial charge in [0.25, 0.3) is 0 Å². The highest BCUT2D eigenvalue weighted by Crippen LogP contribution is 2.21. The van der Waals surface area contributed by atoms with Crippen LogP contribution in [0.3, 0.4) is 0 Å². The van der Waals surface area contributed by atoms with Crippen molar-refractivity contribution in [1.29, 1.82) is 0 Å². The number of piperazine rings is 1.